The van der Waals surface area contributed by atoms with Crippen molar-refractivity contribution in [2.45, 2.75) is 19.1 Å². The first-order valence-corrected chi connectivity index (χ1v) is 10.6. The molecule has 0 fully saturated rings. The number of rotatable bonds is 6. The van der Waals surface area contributed by atoms with Crippen LogP contribution in [0.15, 0.2) is 41.7 Å². The molecule has 1 aromatic carbocycles. The van der Waals surface area contributed by atoms with Gasteiger partial charge in [0.25, 0.3) is 5.91 Å². The third kappa shape index (κ3) is 6.77. The van der Waals surface area contributed by atoms with E-state index in [1.165, 1.54) is 19.5 Å². The van der Waals surface area contributed by atoms with E-state index in [1.54, 1.807) is 17.4 Å². The number of nitrogens with zero attached hydrogens (tertiary/aromatic N) is 5. The van der Waals surface area contributed by atoms with E-state index in [0.29, 0.717) is 35.9 Å². The molecule has 0 spiro atoms. The molecule has 9 nitrogen and oxygen atoms in total. The van der Waals surface area contributed by atoms with E-state index in [0.717, 1.165) is 23.0 Å². The maximum absolute atomic E-state index is 12.3. The van der Waals surface area contributed by atoms with Crippen molar-refractivity contribution < 1.29 is 18.0 Å². The number of fused-ring (bicyclic) bond motifs is 1. The molecule has 1 amide bonds. The van der Waals surface area contributed by atoms with Gasteiger partial charge < -0.3 is 15.5 Å². The van der Waals surface area contributed by atoms with Gasteiger partial charge in [0.05, 0.1) is 22.8 Å². The van der Waals surface area contributed by atoms with Gasteiger partial charge in [0.2, 0.25) is 0 Å². The quantitative estimate of drug-likeness (QED) is 0.409. The van der Waals surface area contributed by atoms with Crippen LogP contribution in [0, 0.1) is 16.7 Å². The van der Waals surface area contributed by atoms with Gasteiger partial charge in [-0.25, -0.2) is 9.97 Å². The Morgan fingerprint density at radius 2 is 2.14 bits per heavy atom. The fourth-order valence-electron chi connectivity index (χ4n) is 3.33. The number of nitriles is 1. The fourth-order valence-corrected chi connectivity index (χ4v) is 3.55. The van der Waals surface area contributed by atoms with Crippen LogP contribution in [0.2, 0.25) is 5.02 Å². The first-order chi connectivity index (χ1) is 16.6. The van der Waals surface area contributed by atoms with Crippen LogP contribution in [-0.4, -0.2) is 53.7 Å². The molecule has 182 valence electrons. The molecule has 0 unspecified atom stereocenters. The summed E-state index contributed by atoms with van der Waals surface area (Å²) in [6.07, 6.45) is -0.269. The molecule has 1 aliphatic heterocycles. The second-order valence-corrected chi connectivity index (χ2v) is 7.78. The van der Waals surface area contributed by atoms with E-state index in [2.05, 4.69) is 25.2 Å². The molecule has 3 rings (SSSR count). The summed E-state index contributed by atoms with van der Waals surface area (Å²) in [5.41, 5.74) is 2.53. The number of hydrogen-bond acceptors (Lipinski definition) is 7. The zero-order valence-corrected chi connectivity index (χ0v) is 19.2. The summed E-state index contributed by atoms with van der Waals surface area (Å²) >= 11 is 6.15. The van der Waals surface area contributed by atoms with Crippen molar-refractivity contribution in [2.75, 3.05) is 30.4 Å². The summed E-state index contributed by atoms with van der Waals surface area (Å²) in [4.78, 5) is 26.1. The zero-order valence-electron chi connectivity index (χ0n) is 18.4. The van der Waals surface area contributed by atoms with Crippen molar-refractivity contribution in [1.82, 2.24) is 15.3 Å². The summed E-state index contributed by atoms with van der Waals surface area (Å²) in [6, 6.07) is 7.22. The highest BCUT2D eigenvalue weighted by Gasteiger charge is 2.28. The number of benzene rings is 1. The molecule has 0 atom stereocenters. The number of nitrogens with one attached hydrogen (secondary N) is 3. The van der Waals surface area contributed by atoms with Crippen LogP contribution >= 0.6 is 11.6 Å². The summed E-state index contributed by atoms with van der Waals surface area (Å²) in [5, 5.41) is 22.1. The van der Waals surface area contributed by atoms with E-state index in [9.17, 15) is 18.0 Å². The summed E-state index contributed by atoms with van der Waals surface area (Å²) in [5.74, 6) is -0.730. The summed E-state index contributed by atoms with van der Waals surface area (Å²) in [6.45, 7) is -0.399. The molecule has 2 heterocycles. The fraction of sp³-hybridized carbons (Fsp3) is 0.273. The first-order valence-electron chi connectivity index (χ1n) is 10.2. The van der Waals surface area contributed by atoms with Crippen molar-refractivity contribution in [1.29, 1.82) is 10.7 Å². The number of amidine groups is 1. The van der Waals surface area contributed by atoms with Gasteiger partial charge in [-0.2, -0.15) is 18.4 Å². The summed E-state index contributed by atoms with van der Waals surface area (Å²) in [7, 11) is 1.26. The van der Waals surface area contributed by atoms with E-state index in [-0.39, 0.29) is 11.5 Å². The molecule has 1 aromatic heterocycles. The lowest BCUT2D eigenvalue weighted by Crippen LogP contribution is -2.37. The second kappa shape index (κ2) is 11.0. The maximum Gasteiger partial charge on any atom is 0.405 e. The Balaban J connectivity index is 1.67. The van der Waals surface area contributed by atoms with Crippen molar-refractivity contribution in [2.24, 2.45) is 4.99 Å². The van der Waals surface area contributed by atoms with Crippen LogP contribution < -0.4 is 15.5 Å². The molecule has 0 radical (unpaired) electrons. The number of hydrogen-bond donors (Lipinski definition) is 3. The third-order valence-corrected chi connectivity index (χ3v) is 5.34. The molecule has 13 heteroatoms. The SMILES string of the molecule is C/N=C(\C=C/C(=N)Nc1ncnc2c1CCN(c1ccc(C#N)c(Cl)c1)C2)C(=O)NCC(F)(F)F. The molecular weight excluding hydrogens is 485 g/mol. The average Bonchev–Trinajstić information content (AvgIpc) is 2.82. The highest BCUT2D eigenvalue weighted by molar-refractivity contribution is 6.43. The van der Waals surface area contributed by atoms with Crippen molar-refractivity contribution >= 4 is 40.6 Å². The molecule has 2 aromatic rings. The lowest BCUT2D eigenvalue weighted by molar-refractivity contribution is -0.134. The number of carbonyl (C=O) groups excluding carboxylic acids is 1. The maximum atomic E-state index is 12.3. The highest BCUT2D eigenvalue weighted by atomic mass is 35.5. The molecule has 0 aliphatic carbocycles. The van der Waals surface area contributed by atoms with Crippen LogP contribution in [0.4, 0.5) is 24.7 Å². The van der Waals surface area contributed by atoms with Crippen molar-refractivity contribution in [3.63, 3.8) is 0 Å². The second-order valence-electron chi connectivity index (χ2n) is 7.37. The minimum absolute atomic E-state index is 0.142. The Hall–Kier alpha value is -3.98. The predicted molar refractivity (Wildman–Crippen MR) is 126 cm³/mol. The van der Waals surface area contributed by atoms with Gasteiger partial charge in [-0.05, 0) is 36.8 Å². The lowest BCUT2D eigenvalue weighted by Gasteiger charge is -2.30. The molecule has 0 bridgehead atoms. The largest absolute Gasteiger partial charge is 0.405 e. The van der Waals surface area contributed by atoms with Crippen molar-refractivity contribution in [3.8, 4) is 6.07 Å². The third-order valence-electron chi connectivity index (χ3n) is 5.03. The monoisotopic (exact) mass is 504 g/mol. The van der Waals surface area contributed by atoms with Gasteiger partial charge in [0.15, 0.2) is 0 Å². The topological polar surface area (TPSA) is 130 Å². The van der Waals surface area contributed by atoms with Crippen molar-refractivity contribution in [3.05, 3.63) is 58.5 Å². The number of halogens is 4. The minimum Gasteiger partial charge on any atom is -0.365 e. The molecular formula is C22H20ClF3N8O. The van der Waals surface area contributed by atoms with Gasteiger partial charge in [-0.15, -0.1) is 0 Å². The van der Waals surface area contributed by atoms with Gasteiger partial charge in [0.1, 0.15) is 36.3 Å². The van der Waals surface area contributed by atoms with Crippen LogP contribution in [0.3, 0.4) is 0 Å². The molecule has 0 saturated carbocycles. The molecule has 1 aliphatic rings. The Morgan fingerprint density at radius 3 is 2.80 bits per heavy atom. The Labute approximate surface area is 203 Å². The lowest BCUT2D eigenvalue weighted by atomic mass is 10.0. The summed E-state index contributed by atoms with van der Waals surface area (Å²) < 4.78 is 36.9. The van der Waals surface area contributed by atoms with E-state index in [4.69, 9.17) is 22.3 Å². The number of anilines is 2. The van der Waals surface area contributed by atoms with E-state index < -0.39 is 18.6 Å². The smallest absolute Gasteiger partial charge is 0.365 e. The number of alkyl halides is 3. The number of aliphatic imine (C=N–C) groups is 1. The number of aromatic nitrogens is 2. The molecule has 0 saturated heterocycles. The van der Waals surface area contributed by atoms with E-state index in [1.807, 2.05) is 12.1 Å². The normalized spacial score (nSPS) is 13.8. The minimum atomic E-state index is -4.54. The standard InChI is InChI=1S/C22H20ClF3N8O/c1-29-17(21(35)30-11-22(24,25)26)4-5-19(28)33-20-15-6-7-34(10-18(15)31-12-32-20)14-3-2-13(9-27)16(23)8-14/h2-5,8,12H,6-7,10-11H2,1H3,(H,30,35)(H2,28,31,32,33)/b5-4-,29-17+. The molecule has 35 heavy (non-hydrogen) atoms. The zero-order chi connectivity index (χ0) is 25.6. The Morgan fingerprint density at radius 1 is 1.37 bits per heavy atom. The highest BCUT2D eigenvalue weighted by Crippen LogP contribution is 2.29. The van der Waals surface area contributed by atoms with Crippen LogP contribution in [0.5, 0.6) is 0 Å². The average molecular weight is 505 g/mol. The van der Waals surface area contributed by atoms with Crippen LogP contribution in [0.25, 0.3) is 0 Å². The van der Waals surface area contributed by atoms with E-state index >= 15 is 0 Å². The van der Waals surface area contributed by atoms with Gasteiger partial charge in [-0.1, -0.05) is 11.6 Å². The van der Waals surface area contributed by atoms with Crippen LogP contribution in [-0.2, 0) is 17.8 Å². The molecule has 3 N–H and O–H groups in total. The van der Waals surface area contributed by atoms with Gasteiger partial charge >= 0.3 is 6.18 Å². The predicted octanol–water partition coefficient (Wildman–Crippen LogP) is 3.26. The number of amides is 1. The first kappa shape index (κ1) is 25.6. The van der Waals surface area contributed by atoms with Gasteiger partial charge in [0, 0.05) is 24.8 Å². The van der Waals surface area contributed by atoms with Crippen LogP contribution in [0.1, 0.15) is 16.8 Å². The Kier molecular flexibility index (Phi) is 8.03. The van der Waals surface area contributed by atoms with Gasteiger partial charge in [-0.3, -0.25) is 15.2 Å². The number of carbonyl (C=O) groups is 1. The Bertz CT molecular complexity index is 1240.